The number of hydrogen-bond acceptors (Lipinski definition) is 4. The van der Waals surface area contributed by atoms with E-state index in [1.165, 1.54) is 6.07 Å². The molecule has 2 aromatic rings. The summed E-state index contributed by atoms with van der Waals surface area (Å²) in [4.78, 5) is 10.5. The molecule has 0 fully saturated rings. The van der Waals surface area contributed by atoms with Gasteiger partial charge in [-0.25, -0.2) is 0 Å². The number of aromatic nitrogens is 2. The molecule has 0 bridgehead atoms. The van der Waals surface area contributed by atoms with Crippen LogP contribution in [0.25, 0.3) is 0 Å². The first-order valence-corrected chi connectivity index (χ1v) is 7.23. The minimum atomic E-state index is -0.469. The van der Waals surface area contributed by atoms with Crippen LogP contribution in [0.5, 0.6) is 5.75 Å². The molecule has 6 nitrogen and oxygen atoms in total. The molecular weight excluding hydrogens is 394 g/mol. The molecule has 0 amide bonds. The summed E-state index contributed by atoms with van der Waals surface area (Å²) in [5, 5.41) is 15.2. The van der Waals surface area contributed by atoms with Crippen molar-refractivity contribution in [1.82, 2.24) is 9.78 Å². The lowest BCUT2D eigenvalue weighted by atomic mass is 10.3. The van der Waals surface area contributed by atoms with Crippen molar-refractivity contribution >= 4 is 37.5 Å². The van der Waals surface area contributed by atoms with E-state index in [-0.39, 0.29) is 18.0 Å². The maximum atomic E-state index is 11.0. The second-order valence-corrected chi connectivity index (χ2v) is 5.84. The summed E-state index contributed by atoms with van der Waals surface area (Å²) in [5.41, 5.74) is 1.59. The quantitative estimate of drug-likeness (QED) is 0.574. The lowest BCUT2D eigenvalue weighted by molar-refractivity contribution is -0.386. The fraction of sp³-hybridized carbons (Fsp3) is 0.250. The Labute approximate surface area is 132 Å². The average molecular weight is 405 g/mol. The highest BCUT2D eigenvalue weighted by Crippen LogP contribution is 2.31. The van der Waals surface area contributed by atoms with Gasteiger partial charge in [-0.2, -0.15) is 5.10 Å². The van der Waals surface area contributed by atoms with Crippen LogP contribution in [0.3, 0.4) is 0 Å². The number of ether oxygens (including phenoxy) is 1. The van der Waals surface area contributed by atoms with Crippen molar-refractivity contribution in [1.29, 1.82) is 0 Å². The molecule has 0 saturated heterocycles. The molecule has 0 N–H and O–H groups in total. The summed E-state index contributed by atoms with van der Waals surface area (Å²) >= 11 is 6.63. The van der Waals surface area contributed by atoms with Gasteiger partial charge in [-0.3, -0.25) is 14.8 Å². The molecule has 106 valence electrons. The molecule has 1 aromatic heterocycles. The molecule has 8 heteroatoms. The fourth-order valence-electron chi connectivity index (χ4n) is 1.74. The van der Waals surface area contributed by atoms with Gasteiger partial charge in [0.1, 0.15) is 6.61 Å². The number of benzene rings is 1. The molecule has 0 atom stereocenters. The highest BCUT2D eigenvalue weighted by molar-refractivity contribution is 9.10. The van der Waals surface area contributed by atoms with Crippen molar-refractivity contribution in [3.63, 3.8) is 0 Å². The van der Waals surface area contributed by atoms with Crippen molar-refractivity contribution in [2.45, 2.75) is 13.5 Å². The largest absolute Gasteiger partial charge is 0.480 e. The first kappa shape index (κ1) is 15.0. The van der Waals surface area contributed by atoms with Gasteiger partial charge in [0, 0.05) is 17.6 Å². The second-order valence-electron chi connectivity index (χ2n) is 4.13. The average Bonchev–Trinajstić information content (AvgIpc) is 2.62. The van der Waals surface area contributed by atoms with Gasteiger partial charge >= 0.3 is 5.69 Å². The summed E-state index contributed by atoms with van der Waals surface area (Å²) in [6.07, 6.45) is 0. The van der Waals surface area contributed by atoms with Gasteiger partial charge in [-0.05, 0) is 35.0 Å². The molecule has 0 saturated carbocycles. The third kappa shape index (κ3) is 3.01. The number of nitro benzene ring substituents is 1. The van der Waals surface area contributed by atoms with Gasteiger partial charge in [0.05, 0.1) is 20.8 Å². The summed E-state index contributed by atoms with van der Waals surface area (Å²) in [6, 6.07) is 4.68. The minimum absolute atomic E-state index is 0.0746. The van der Waals surface area contributed by atoms with Crippen molar-refractivity contribution in [2.24, 2.45) is 7.05 Å². The first-order chi connectivity index (χ1) is 9.40. The van der Waals surface area contributed by atoms with E-state index in [0.717, 1.165) is 15.9 Å². The third-order valence-corrected chi connectivity index (χ3v) is 4.27. The normalized spacial score (nSPS) is 10.6. The van der Waals surface area contributed by atoms with E-state index < -0.39 is 4.92 Å². The summed E-state index contributed by atoms with van der Waals surface area (Å²) in [5.74, 6) is 0.226. The molecule has 2 rings (SSSR count). The number of nitrogens with zero attached hydrogens (tertiary/aromatic N) is 3. The standard InChI is InChI=1S/C12H11Br2N3O3/c1-7-12(14)10(16(2)15-7)6-20-11-4-3-8(13)5-9(11)17(18)19/h3-5H,6H2,1-2H3. The van der Waals surface area contributed by atoms with Crippen molar-refractivity contribution in [3.8, 4) is 5.75 Å². The smallest absolute Gasteiger partial charge is 0.312 e. The van der Waals surface area contributed by atoms with Crippen molar-refractivity contribution in [3.05, 3.63) is 48.6 Å². The van der Waals surface area contributed by atoms with Gasteiger partial charge in [-0.1, -0.05) is 15.9 Å². The Morgan fingerprint density at radius 1 is 1.45 bits per heavy atom. The zero-order valence-electron chi connectivity index (χ0n) is 10.8. The maximum absolute atomic E-state index is 11.0. The topological polar surface area (TPSA) is 70.2 Å². The van der Waals surface area contributed by atoms with Crippen molar-refractivity contribution in [2.75, 3.05) is 0 Å². The van der Waals surface area contributed by atoms with E-state index in [0.29, 0.717) is 4.47 Å². The van der Waals surface area contributed by atoms with Crippen LogP contribution in [0.1, 0.15) is 11.4 Å². The number of nitro groups is 1. The fourth-order valence-corrected chi connectivity index (χ4v) is 2.54. The number of rotatable bonds is 4. The Morgan fingerprint density at radius 2 is 2.15 bits per heavy atom. The van der Waals surface area contributed by atoms with Crippen LogP contribution in [0.2, 0.25) is 0 Å². The molecular formula is C12H11Br2N3O3. The molecule has 0 radical (unpaired) electrons. The number of aryl methyl sites for hydroxylation is 2. The molecule has 1 heterocycles. The van der Waals surface area contributed by atoms with Crippen LogP contribution in [0.15, 0.2) is 27.1 Å². The Hall–Kier alpha value is -1.41. The molecule has 0 unspecified atom stereocenters. The van der Waals surface area contributed by atoms with E-state index in [1.54, 1.807) is 23.9 Å². The summed E-state index contributed by atoms with van der Waals surface area (Å²) in [6.45, 7) is 2.07. The second kappa shape index (κ2) is 5.92. The molecule has 1 aromatic carbocycles. The SMILES string of the molecule is Cc1nn(C)c(COc2ccc(Br)cc2[N+](=O)[O-])c1Br. The zero-order valence-corrected chi connectivity index (χ0v) is 13.9. The van der Waals surface area contributed by atoms with Crippen molar-refractivity contribution < 1.29 is 9.66 Å². The first-order valence-electron chi connectivity index (χ1n) is 5.65. The number of hydrogen-bond donors (Lipinski definition) is 0. The Balaban J connectivity index is 2.25. The van der Waals surface area contributed by atoms with Gasteiger partial charge in [0.25, 0.3) is 0 Å². The highest BCUT2D eigenvalue weighted by Gasteiger charge is 2.17. The van der Waals surface area contributed by atoms with E-state index >= 15 is 0 Å². The van der Waals surface area contributed by atoms with E-state index in [9.17, 15) is 10.1 Å². The van der Waals surface area contributed by atoms with Crippen LogP contribution >= 0.6 is 31.9 Å². The van der Waals surface area contributed by atoms with Crippen LogP contribution < -0.4 is 4.74 Å². The van der Waals surface area contributed by atoms with Crippen LogP contribution in [-0.4, -0.2) is 14.7 Å². The number of halogens is 2. The predicted molar refractivity (Wildman–Crippen MR) is 80.8 cm³/mol. The molecule has 20 heavy (non-hydrogen) atoms. The van der Waals surface area contributed by atoms with Crippen LogP contribution in [-0.2, 0) is 13.7 Å². The molecule has 0 aliphatic rings. The predicted octanol–water partition coefficient (Wildman–Crippen LogP) is 3.74. The Kier molecular flexibility index (Phi) is 4.44. The maximum Gasteiger partial charge on any atom is 0.312 e. The highest BCUT2D eigenvalue weighted by atomic mass is 79.9. The summed E-state index contributed by atoms with van der Waals surface area (Å²) < 4.78 is 8.73. The van der Waals surface area contributed by atoms with Gasteiger partial charge in [0.15, 0.2) is 5.75 Å². The van der Waals surface area contributed by atoms with E-state index in [2.05, 4.69) is 37.0 Å². The summed E-state index contributed by atoms with van der Waals surface area (Å²) in [7, 11) is 1.80. The van der Waals surface area contributed by atoms with Gasteiger partial charge in [0.2, 0.25) is 0 Å². The Bertz CT molecular complexity index is 670. The Morgan fingerprint density at radius 3 is 2.70 bits per heavy atom. The van der Waals surface area contributed by atoms with E-state index in [4.69, 9.17) is 4.74 Å². The lowest BCUT2D eigenvalue weighted by Crippen LogP contribution is -2.05. The third-order valence-electron chi connectivity index (χ3n) is 2.74. The monoisotopic (exact) mass is 403 g/mol. The lowest BCUT2D eigenvalue weighted by Gasteiger charge is -2.08. The molecule has 0 aliphatic carbocycles. The van der Waals surface area contributed by atoms with Gasteiger partial charge < -0.3 is 4.74 Å². The molecule has 0 spiro atoms. The van der Waals surface area contributed by atoms with Crippen LogP contribution in [0, 0.1) is 17.0 Å². The van der Waals surface area contributed by atoms with Gasteiger partial charge in [-0.15, -0.1) is 0 Å². The van der Waals surface area contributed by atoms with E-state index in [1.807, 2.05) is 6.92 Å². The zero-order chi connectivity index (χ0) is 14.9. The minimum Gasteiger partial charge on any atom is -0.480 e. The van der Waals surface area contributed by atoms with Crippen LogP contribution in [0.4, 0.5) is 5.69 Å². The molecule has 0 aliphatic heterocycles.